The van der Waals surface area contributed by atoms with Gasteiger partial charge in [0.05, 0.1) is 11.5 Å². The first-order valence-corrected chi connectivity index (χ1v) is 8.94. The van der Waals surface area contributed by atoms with E-state index >= 15 is 0 Å². The van der Waals surface area contributed by atoms with Crippen LogP contribution < -0.4 is 0 Å². The van der Waals surface area contributed by atoms with Crippen LogP contribution in [0.25, 0.3) is 0 Å². The summed E-state index contributed by atoms with van der Waals surface area (Å²) in [5, 5.41) is 20.6. The number of rotatable bonds is 2. The highest BCUT2D eigenvalue weighted by Crippen LogP contribution is 2.63. The highest BCUT2D eigenvalue weighted by Gasteiger charge is 2.60. The number of aliphatic hydroxyl groups excluding tert-OH is 1. The zero-order valence-electron chi connectivity index (χ0n) is 14.6. The molecule has 3 rings (SSSR count). The lowest BCUT2D eigenvalue weighted by Crippen LogP contribution is -2.57. The smallest absolute Gasteiger partial charge is 0.309 e. The molecule has 128 valence electrons. The van der Waals surface area contributed by atoms with Gasteiger partial charge in [-0.2, -0.15) is 0 Å². The van der Waals surface area contributed by atoms with Gasteiger partial charge >= 0.3 is 5.97 Å². The summed E-state index contributed by atoms with van der Waals surface area (Å²) in [6.45, 7) is 10.3. The fraction of sp³-hybridized carbons (Fsp3) is 0.750. The van der Waals surface area contributed by atoms with Crippen LogP contribution in [0.5, 0.6) is 0 Å². The summed E-state index contributed by atoms with van der Waals surface area (Å²) in [4.78, 5) is 12.0. The molecule has 2 fully saturated rings. The molecule has 3 heteroatoms. The van der Waals surface area contributed by atoms with Crippen molar-refractivity contribution in [2.45, 2.75) is 65.4 Å². The van der Waals surface area contributed by atoms with Crippen LogP contribution in [-0.2, 0) is 4.79 Å². The van der Waals surface area contributed by atoms with E-state index in [1.165, 1.54) is 0 Å². The predicted octanol–water partition coefficient (Wildman–Crippen LogP) is 4.18. The first kappa shape index (κ1) is 16.8. The lowest BCUT2D eigenvalue weighted by molar-refractivity contribution is -0.168. The van der Waals surface area contributed by atoms with Crippen molar-refractivity contribution >= 4 is 5.97 Å². The van der Waals surface area contributed by atoms with E-state index in [1.54, 1.807) is 0 Å². The summed E-state index contributed by atoms with van der Waals surface area (Å²) in [5.41, 5.74) is 0.380. The normalized spacial score (nSPS) is 49.6. The van der Waals surface area contributed by atoms with Crippen LogP contribution in [-0.4, -0.2) is 22.3 Å². The number of hydrogen-bond acceptors (Lipinski definition) is 2. The molecule has 0 saturated heterocycles. The first-order valence-electron chi connectivity index (χ1n) is 8.94. The maximum Gasteiger partial charge on any atom is 0.309 e. The number of carbonyl (C=O) groups is 1. The van der Waals surface area contributed by atoms with Gasteiger partial charge in [-0.15, -0.1) is 6.58 Å². The molecule has 0 aromatic rings. The molecule has 6 unspecified atom stereocenters. The molecule has 0 amide bonds. The molecule has 2 N–H and O–H groups in total. The lowest BCUT2D eigenvalue weighted by Gasteiger charge is -2.60. The second kappa shape index (κ2) is 5.20. The summed E-state index contributed by atoms with van der Waals surface area (Å²) in [5.74, 6) is -0.338. The second-order valence-electron chi connectivity index (χ2n) is 8.83. The summed E-state index contributed by atoms with van der Waals surface area (Å²) >= 11 is 0. The molecule has 0 aromatic carbocycles. The molecule has 2 saturated carbocycles. The molecule has 6 atom stereocenters. The Hall–Kier alpha value is -1.09. The van der Waals surface area contributed by atoms with Crippen molar-refractivity contribution in [2.75, 3.05) is 0 Å². The van der Waals surface area contributed by atoms with Crippen molar-refractivity contribution < 1.29 is 15.0 Å². The molecule has 0 aliphatic heterocycles. The summed E-state index contributed by atoms with van der Waals surface area (Å²) in [7, 11) is 0. The van der Waals surface area contributed by atoms with E-state index in [4.69, 9.17) is 0 Å². The highest BCUT2D eigenvalue weighted by molar-refractivity contribution is 5.75. The predicted molar refractivity (Wildman–Crippen MR) is 90.9 cm³/mol. The SMILES string of the molecule is C=CC1(C)C=C2C(O)CC3C(C)(C(=O)O)CCCC3(C)C2CC1. The molecule has 3 nitrogen and oxygen atoms in total. The molecule has 3 aliphatic rings. The topological polar surface area (TPSA) is 57.5 Å². The van der Waals surface area contributed by atoms with Crippen LogP contribution in [0.15, 0.2) is 24.3 Å². The van der Waals surface area contributed by atoms with Crippen molar-refractivity contribution in [3.8, 4) is 0 Å². The summed E-state index contributed by atoms with van der Waals surface area (Å²) in [6, 6.07) is 0. The third-order valence-electron chi connectivity index (χ3n) is 7.44. The Bertz CT molecular complexity index is 565. The summed E-state index contributed by atoms with van der Waals surface area (Å²) in [6.07, 6.45) is 9.10. The Morgan fingerprint density at radius 2 is 2.00 bits per heavy atom. The Morgan fingerprint density at radius 3 is 2.61 bits per heavy atom. The maximum atomic E-state index is 12.0. The minimum Gasteiger partial charge on any atom is -0.481 e. The molecule has 0 radical (unpaired) electrons. The van der Waals surface area contributed by atoms with Crippen LogP contribution in [0.4, 0.5) is 0 Å². The van der Waals surface area contributed by atoms with Gasteiger partial charge in [0.15, 0.2) is 0 Å². The fourth-order valence-electron chi connectivity index (χ4n) is 5.85. The Kier molecular flexibility index (Phi) is 3.79. The molecule has 0 bridgehead atoms. The van der Waals surface area contributed by atoms with Crippen molar-refractivity contribution in [1.29, 1.82) is 0 Å². The van der Waals surface area contributed by atoms with E-state index in [0.717, 1.165) is 37.7 Å². The van der Waals surface area contributed by atoms with Gasteiger partial charge in [-0.1, -0.05) is 32.4 Å². The van der Waals surface area contributed by atoms with Crippen molar-refractivity contribution in [2.24, 2.45) is 28.1 Å². The Balaban J connectivity index is 2.05. The lowest BCUT2D eigenvalue weighted by atomic mass is 9.44. The Morgan fingerprint density at radius 1 is 1.30 bits per heavy atom. The van der Waals surface area contributed by atoms with Crippen molar-refractivity contribution in [3.05, 3.63) is 24.3 Å². The zero-order valence-corrected chi connectivity index (χ0v) is 14.6. The summed E-state index contributed by atoms with van der Waals surface area (Å²) < 4.78 is 0. The van der Waals surface area contributed by atoms with Gasteiger partial charge < -0.3 is 10.2 Å². The van der Waals surface area contributed by atoms with Gasteiger partial charge in [0, 0.05) is 5.41 Å². The Labute approximate surface area is 139 Å². The van der Waals surface area contributed by atoms with Crippen molar-refractivity contribution in [1.82, 2.24) is 0 Å². The van der Waals surface area contributed by atoms with Crippen LogP contribution in [0.3, 0.4) is 0 Å². The van der Waals surface area contributed by atoms with Gasteiger partial charge in [-0.25, -0.2) is 0 Å². The van der Waals surface area contributed by atoms with Crippen LogP contribution in [0, 0.1) is 28.1 Å². The first-order chi connectivity index (χ1) is 10.7. The molecule has 0 aromatic heterocycles. The highest BCUT2D eigenvalue weighted by atomic mass is 16.4. The average molecular weight is 318 g/mol. The number of fused-ring (bicyclic) bond motifs is 3. The van der Waals surface area contributed by atoms with Gasteiger partial charge in [0.2, 0.25) is 0 Å². The third kappa shape index (κ3) is 2.31. The standard InChI is InChI=1S/C20H30O3/c1-5-18(2)10-7-14-13(12-18)15(21)11-16-19(14,3)8-6-9-20(16,4)17(22)23/h5,12,14-16,21H,1,6-11H2,2-4H3,(H,22,23). The van der Waals surface area contributed by atoms with Crippen LogP contribution in [0.2, 0.25) is 0 Å². The second-order valence-corrected chi connectivity index (χ2v) is 8.83. The van der Waals surface area contributed by atoms with Crippen LogP contribution in [0.1, 0.15) is 59.3 Å². The number of carboxylic acid groups (broad SMARTS) is 1. The maximum absolute atomic E-state index is 12.0. The van der Waals surface area contributed by atoms with Crippen molar-refractivity contribution in [3.63, 3.8) is 0 Å². The quantitative estimate of drug-likeness (QED) is 0.751. The van der Waals surface area contributed by atoms with E-state index in [1.807, 2.05) is 13.0 Å². The van der Waals surface area contributed by atoms with E-state index < -0.39 is 17.5 Å². The van der Waals surface area contributed by atoms with Gasteiger partial charge in [-0.05, 0) is 61.9 Å². The number of aliphatic carboxylic acids is 1. The zero-order chi connectivity index (χ0) is 17.0. The number of carboxylic acids is 1. The van der Waals surface area contributed by atoms with Crippen LogP contribution >= 0.6 is 0 Å². The largest absolute Gasteiger partial charge is 0.481 e. The molecule has 3 aliphatic carbocycles. The molecular formula is C20H30O3. The van der Waals surface area contributed by atoms with E-state index in [2.05, 4.69) is 26.5 Å². The van der Waals surface area contributed by atoms with E-state index in [0.29, 0.717) is 12.3 Å². The molecule has 23 heavy (non-hydrogen) atoms. The van der Waals surface area contributed by atoms with Gasteiger partial charge in [-0.3, -0.25) is 4.79 Å². The molecular weight excluding hydrogens is 288 g/mol. The number of allylic oxidation sites excluding steroid dienone is 2. The average Bonchev–Trinajstić information content (AvgIpc) is 2.50. The van der Waals surface area contributed by atoms with E-state index in [9.17, 15) is 15.0 Å². The van der Waals surface area contributed by atoms with Gasteiger partial charge in [0.1, 0.15) is 0 Å². The minimum absolute atomic E-state index is 0.0149. The molecule has 0 spiro atoms. The fourth-order valence-corrected chi connectivity index (χ4v) is 5.85. The monoisotopic (exact) mass is 318 g/mol. The van der Waals surface area contributed by atoms with Gasteiger partial charge in [0.25, 0.3) is 0 Å². The number of hydrogen-bond donors (Lipinski definition) is 2. The minimum atomic E-state index is -0.710. The number of aliphatic hydroxyl groups is 1. The van der Waals surface area contributed by atoms with E-state index in [-0.39, 0.29) is 16.7 Å². The third-order valence-corrected chi connectivity index (χ3v) is 7.44. The molecule has 0 heterocycles.